The number of carbonyl (C=O) groups excluding carboxylic acids is 1. The van der Waals surface area contributed by atoms with E-state index in [-0.39, 0.29) is 32.7 Å². The Labute approximate surface area is 136 Å². The first-order valence-corrected chi connectivity index (χ1v) is 6.18. The summed E-state index contributed by atoms with van der Waals surface area (Å²) in [7, 11) is 0. The van der Waals surface area contributed by atoms with E-state index in [1.54, 1.807) is 13.8 Å². The van der Waals surface area contributed by atoms with Crippen molar-refractivity contribution in [1.29, 1.82) is 0 Å². The smallest absolute Gasteiger partial charge is 0.332 e. The third kappa shape index (κ3) is 12.8. The van der Waals surface area contributed by atoms with Crippen LogP contribution in [-0.4, -0.2) is 69.4 Å². The van der Waals surface area contributed by atoms with E-state index in [4.69, 9.17) is 20.4 Å². The van der Waals surface area contributed by atoms with Crippen molar-refractivity contribution in [2.75, 3.05) is 19.8 Å². The van der Waals surface area contributed by atoms with Crippen LogP contribution in [-0.2, 0) is 29.1 Å². The standard InChI is InChI=1S/C9H19NO4.C3H6O3.Zn/c1-9(2,6-12)7(13)8(14)10-4-3-5-11;1-2(4)3(5)6;/h7,11-13H,3-6H2,1-2H3,(H,10,14);2,4H,1H3,(H,5,6);. The maximum atomic E-state index is 11.3. The van der Waals surface area contributed by atoms with E-state index in [0.29, 0.717) is 13.0 Å². The molecular formula is C12H25NO7Zn. The Morgan fingerprint density at radius 2 is 1.62 bits per heavy atom. The molecule has 0 aromatic heterocycles. The van der Waals surface area contributed by atoms with Crippen molar-refractivity contribution in [3.8, 4) is 0 Å². The number of aliphatic carboxylic acids is 1. The van der Waals surface area contributed by atoms with Crippen LogP contribution < -0.4 is 5.32 Å². The maximum Gasteiger partial charge on any atom is 0.332 e. The van der Waals surface area contributed by atoms with Gasteiger partial charge in [-0.25, -0.2) is 4.79 Å². The summed E-state index contributed by atoms with van der Waals surface area (Å²) in [6.07, 6.45) is -2.01. The Morgan fingerprint density at radius 3 is 1.90 bits per heavy atom. The SMILES string of the molecule is CC(C)(CO)C(O)C(=O)NCCCO.CC(O)C(=O)O.[Zn]. The molecule has 0 bridgehead atoms. The number of amides is 1. The minimum absolute atomic E-state index is 0. The van der Waals surface area contributed by atoms with Gasteiger partial charge in [-0.05, 0) is 13.3 Å². The molecule has 0 fully saturated rings. The van der Waals surface area contributed by atoms with Gasteiger partial charge in [0.15, 0.2) is 0 Å². The van der Waals surface area contributed by atoms with Gasteiger partial charge in [0.1, 0.15) is 12.2 Å². The number of aliphatic hydroxyl groups excluding tert-OH is 4. The van der Waals surface area contributed by atoms with Crippen LogP contribution in [0, 0.1) is 5.41 Å². The molecule has 0 spiro atoms. The molecule has 0 heterocycles. The molecule has 0 aliphatic carbocycles. The molecule has 21 heavy (non-hydrogen) atoms. The molecule has 0 radical (unpaired) electrons. The molecule has 0 aliphatic heterocycles. The minimum Gasteiger partial charge on any atom is -0.479 e. The van der Waals surface area contributed by atoms with Crippen molar-refractivity contribution in [1.82, 2.24) is 5.32 Å². The fraction of sp³-hybridized carbons (Fsp3) is 0.833. The number of carbonyl (C=O) groups is 2. The normalized spacial score (nSPS) is 13.1. The largest absolute Gasteiger partial charge is 0.479 e. The van der Waals surface area contributed by atoms with E-state index in [9.17, 15) is 14.7 Å². The van der Waals surface area contributed by atoms with E-state index < -0.39 is 29.5 Å². The van der Waals surface area contributed by atoms with Crippen molar-refractivity contribution in [3.05, 3.63) is 0 Å². The summed E-state index contributed by atoms with van der Waals surface area (Å²) in [4.78, 5) is 20.7. The van der Waals surface area contributed by atoms with Crippen LogP contribution in [0.15, 0.2) is 0 Å². The topological polar surface area (TPSA) is 147 Å². The summed E-state index contributed by atoms with van der Waals surface area (Å²) in [5.74, 6) is -1.70. The van der Waals surface area contributed by atoms with Crippen LogP contribution in [0.25, 0.3) is 0 Å². The molecule has 9 heteroatoms. The molecule has 2 unspecified atom stereocenters. The van der Waals surface area contributed by atoms with Gasteiger partial charge < -0.3 is 30.8 Å². The Morgan fingerprint density at radius 1 is 1.19 bits per heavy atom. The fourth-order valence-corrected chi connectivity index (χ4v) is 0.829. The zero-order valence-electron chi connectivity index (χ0n) is 12.7. The molecule has 8 nitrogen and oxygen atoms in total. The Kier molecular flexibility index (Phi) is 15.8. The summed E-state index contributed by atoms with van der Waals surface area (Å²) in [6.45, 7) is 4.46. The average molecular weight is 361 g/mol. The van der Waals surface area contributed by atoms with E-state index in [1.807, 2.05) is 0 Å². The number of carboxylic acid groups (broad SMARTS) is 1. The maximum absolute atomic E-state index is 11.3. The van der Waals surface area contributed by atoms with Crippen molar-refractivity contribution in [3.63, 3.8) is 0 Å². The number of hydrogen-bond acceptors (Lipinski definition) is 6. The predicted octanol–water partition coefficient (Wildman–Crippen LogP) is -1.69. The predicted molar refractivity (Wildman–Crippen MR) is 70.9 cm³/mol. The summed E-state index contributed by atoms with van der Waals surface area (Å²) in [5.41, 5.74) is -0.844. The van der Waals surface area contributed by atoms with Crippen LogP contribution >= 0.6 is 0 Å². The van der Waals surface area contributed by atoms with E-state index >= 15 is 0 Å². The zero-order valence-corrected chi connectivity index (χ0v) is 15.7. The Balaban J connectivity index is -0.000000394. The van der Waals surface area contributed by atoms with Crippen LogP contribution in [0.2, 0.25) is 0 Å². The second-order valence-corrected chi connectivity index (χ2v) is 4.93. The average Bonchev–Trinajstić information content (AvgIpc) is 2.38. The van der Waals surface area contributed by atoms with Crippen LogP contribution in [0.3, 0.4) is 0 Å². The molecular weight excluding hydrogens is 336 g/mol. The van der Waals surface area contributed by atoms with Crippen molar-refractivity contribution in [2.24, 2.45) is 5.41 Å². The first kappa shape index (κ1) is 25.4. The van der Waals surface area contributed by atoms with Gasteiger partial charge in [0.2, 0.25) is 5.91 Å². The molecule has 0 saturated heterocycles. The van der Waals surface area contributed by atoms with Gasteiger partial charge >= 0.3 is 5.97 Å². The number of hydrogen-bond donors (Lipinski definition) is 6. The van der Waals surface area contributed by atoms with Crippen molar-refractivity contribution < 1.29 is 54.6 Å². The molecule has 0 aromatic carbocycles. The van der Waals surface area contributed by atoms with Gasteiger partial charge in [0.25, 0.3) is 0 Å². The van der Waals surface area contributed by atoms with Crippen molar-refractivity contribution in [2.45, 2.75) is 39.4 Å². The van der Waals surface area contributed by atoms with Crippen LogP contribution in [0.5, 0.6) is 0 Å². The summed E-state index contributed by atoms with van der Waals surface area (Å²) in [6, 6.07) is 0. The zero-order chi connectivity index (χ0) is 16.3. The Bertz CT molecular complexity index is 297. The summed E-state index contributed by atoms with van der Waals surface area (Å²) >= 11 is 0. The second-order valence-electron chi connectivity index (χ2n) is 4.93. The Hall–Kier alpha value is -0.597. The molecule has 0 saturated carbocycles. The quantitative estimate of drug-likeness (QED) is 0.234. The first-order chi connectivity index (χ1) is 9.10. The third-order valence-electron chi connectivity index (χ3n) is 2.39. The second kappa shape index (κ2) is 13.1. The number of nitrogens with one attached hydrogen (secondary N) is 1. The third-order valence-corrected chi connectivity index (χ3v) is 2.39. The first-order valence-electron chi connectivity index (χ1n) is 6.18. The molecule has 2 atom stereocenters. The van der Waals surface area contributed by atoms with E-state index in [2.05, 4.69) is 5.32 Å². The van der Waals surface area contributed by atoms with Gasteiger partial charge in [0, 0.05) is 38.0 Å². The number of rotatable bonds is 7. The van der Waals surface area contributed by atoms with E-state index in [1.165, 1.54) is 6.92 Å². The summed E-state index contributed by atoms with van der Waals surface area (Å²) < 4.78 is 0. The summed E-state index contributed by atoms with van der Waals surface area (Å²) in [5, 5.41) is 45.1. The van der Waals surface area contributed by atoms with Gasteiger partial charge in [-0.3, -0.25) is 4.79 Å². The van der Waals surface area contributed by atoms with Crippen LogP contribution in [0.1, 0.15) is 27.2 Å². The molecule has 6 N–H and O–H groups in total. The molecule has 0 aliphatic rings. The number of aliphatic hydroxyl groups is 4. The van der Waals surface area contributed by atoms with Gasteiger partial charge in [-0.2, -0.15) is 0 Å². The van der Waals surface area contributed by atoms with Crippen LogP contribution in [0.4, 0.5) is 0 Å². The number of carboxylic acids is 1. The van der Waals surface area contributed by atoms with E-state index in [0.717, 1.165) is 0 Å². The molecule has 122 valence electrons. The molecule has 1 amide bonds. The van der Waals surface area contributed by atoms with Gasteiger partial charge in [0.05, 0.1) is 6.61 Å². The van der Waals surface area contributed by atoms with Gasteiger partial charge in [-0.15, -0.1) is 0 Å². The monoisotopic (exact) mass is 359 g/mol. The fourth-order valence-electron chi connectivity index (χ4n) is 0.829. The molecule has 0 rings (SSSR count). The van der Waals surface area contributed by atoms with Gasteiger partial charge in [-0.1, -0.05) is 13.8 Å². The van der Waals surface area contributed by atoms with Crippen molar-refractivity contribution >= 4 is 11.9 Å². The minimum atomic E-state index is -1.23. The molecule has 0 aromatic rings.